The zero-order valence-electron chi connectivity index (χ0n) is 11.0. The summed E-state index contributed by atoms with van der Waals surface area (Å²) in [6.45, 7) is 6.91. The van der Waals surface area contributed by atoms with Crippen molar-refractivity contribution in [1.82, 2.24) is 4.90 Å². The molecule has 0 aromatic rings. The topological polar surface area (TPSA) is 75.8 Å². The van der Waals surface area contributed by atoms with E-state index in [0.717, 1.165) is 12.8 Å². The van der Waals surface area contributed by atoms with Gasteiger partial charge in [-0.25, -0.2) is 4.79 Å². The van der Waals surface area contributed by atoms with Crippen molar-refractivity contribution in [3.8, 4) is 0 Å². The van der Waals surface area contributed by atoms with E-state index in [4.69, 9.17) is 15.6 Å². The molecule has 0 bridgehead atoms. The lowest BCUT2D eigenvalue weighted by Crippen LogP contribution is -2.36. The fourth-order valence-corrected chi connectivity index (χ4v) is 2.03. The highest BCUT2D eigenvalue weighted by Crippen LogP contribution is 2.22. The van der Waals surface area contributed by atoms with Crippen LogP contribution in [0.1, 0.15) is 33.6 Å². The van der Waals surface area contributed by atoms with Crippen molar-refractivity contribution in [2.45, 2.75) is 45.3 Å². The second-order valence-electron chi connectivity index (χ2n) is 5.68. The first-order valence-corrected chi connectivity index (χ1v) is 6.18. The summed E-state index contributed by atoms with van der Waals surface area (Å²) in [7, 11) is 0. The molecule has 1 heterocycles. The molecule has 0 aromatic heterocycles. The molecule has 1 amide bonds. The maximum absolute atomic E-state index is 11.8. The Hall–Kier alpha value is -0.810. The summed E-state index contributed by atoms with van der Waals surface area (Å²) in [5.41, 5.74) is 5.51. The Balaban J connectivity index is 2.45. The zero-order chi connectivity index (χ0) is 13.1. The monoisotopic (exact) mass is 244 g/mol. The fourth-order valence-electron chi connectivity index (χ4n) is 2.03. The minimum atomic E-state index is -0.468. The molecule has 1 aliphatic rings. The summed E-state index contributed by atoms with van der Waals surface area (Å²) in [5.74, 6) is 0.273. The van der Waals surface area contributed by atoms with Crippen LogP contribution in [-0.4, -0.2) is 47.4 Å². The first-order valence-electron chi connectivity index (χ1n) is 6.18. The molecule has 1 fully saturated rings. The second kappa shape index (κ2) is 5.69. The van der Waals surface area contributed by atoms with Crippen molar-refractivity contribution in [3.63, 3.8) is 0 Å². The van der Waals surface area contributed by atoms with Crippen molar-refractivity contribution in [2.75, 3.05) is 19.7 Å². The summed E-state index contributed by atoms with van der Waals surface area (Å²) in [6, 6.07) is -0.00549. The van der Waals surface area contributed by atoms with Crippen LogP contribution in [0.25, 0.3) is 0 Å². The molecule has 100 valence electrons. The van der Waals surface area contributed by atoms with Gasteiger partial charge in [0.25, 0.3) is 0 Å². The third-order valence-electron chi connectivity index (χ3n) is 2.88. The minimum Gasteiger partial charge on any atom is -0.444 e. The van der Waals surface area contributed by atoms with Gasteiger partial charge in [0.1, 0.15) is 5.60 Å². The van der Waals surface area contributed by atoms with Crippen LogP contribution in [0.5, 0.6) is 0 Å². The summed E-state index contributed by atoms with van der Waals surface area (Å²) < 4.78 is 5.30. The van der Waals surface area contributed by atoms with E-state index in [-0.39, 0.29) is 24.7 Å². The van der Waals surface area contributed by atoms with E-state index in [2.05, 4.69) is 0 Å². The zero-order valence-corrected chi connectivity index (χ0v) is 11.0. The van der Waals surface area contributed by atoms with Gasteiger partial charge >= 0.3 is 6.09 Å². The Morgan fingerprint density at radius 2 is 2.12 bits per heavy atom. The Morgan fingerprint density at radius 3 is 2.65 bits per heavy atom. The van der Waals surface area contributed by atoms with E-state index >= 15 is 0 Å². The SMILES string of the molecule is CC(C)(C)OC(=O)N1CC(N)C(CCCO)C1. The molecule has 1 rings (SSSR count). The molecule has 2 unspecified atom stereocenters. The standard InChI is InChI=1S/C12H24N2O3/c1-12(2,3)17-11(16)14-7-9(5-4-6-15)10(13)8-14/h9-10,15H,4-8,13H2,1-3H3. The number of carbonyl (C=O) groups excluding carboxylic acids is 1. The quantitative estimate of drug-likeness (QED) is 0.775. The molecule has 0 spiro atoms. The molecule has 3 N–H and O–H groups in total. The second-order valence-corrected chi connectivity index (χ2v) is 5.68. The normalized spacial score (nSPS) is 25.1. The minimum absolute atomic E-state index is 0.00549. The van der Waals surface area contributed by atoms with Gasteiger partial charge in [-0.05, 0) is 39.5 Å². The number of hydrogen-bond donors (Lipinski definition) is 2. The molecule has 5 nitrogen and oxygen atoms in total. The Kier molecular flexibility index (Phi) is 4.77. The van der Waals surface area contributed by atoms with Gasteiger partial charge < -0.3 is 20.5 Å². The van der Waals surface area contributed by atoms with Crippen molar-refractivity contribution in [2.24, 2.45) is 11.7 Å². The summed E-state index contributed by atoms with van der Waals surface area (Å²) >= 11 is 0. The van der Waals surface area contributed by atoms with Crippen molar-refractivity contribution in [3.05, 3.63) is 0 Å². The van der Waals surface area contributed by atoms with Gasteiger partial charge in [0.2, 0.25) is 0 Å². The van der Waals surface area contributed by atoms with Crippen LogP contribution in [-0.2, 0) is 4.74 Å². The number of aliphatic hydroxyl groups is 1. The van der Waals surface area contributed by atoms with Crippen LogP contribution in [0, 0.1) is 5.92 Å². The highest BCUT2D eigenvalue weighted by Gasteiger charge is 2.34. The number of likely N-dealkylation sites (tertiary alicyclic amines) is 1. The lowest BCUT2D eigenvalue weighted by molar-refractivity contribution is 0.0286. The van der Waals surface area contributed by atoms with E-state index in [0.29, 0.717) is 13.1 Å². The van der Waals surface area contributed by atoms with Crippen molar-refractivity contribution in [1.29, 1.82) is 0 Å². The molecule has 1 saturated heterocycles. The number of carbonyl (C=O) groups is 1. The van der Waals surface area contributed by atoms with Crippen LogP contribution in [0.15, 0.2) is 0 Å². The van der Waals surface area contributed by atoms with E-state index in [1.54, 1.807) is 4.90 Å². The molecular weight excluding hydrogens is 220 g/mol. The maximum atomic E-state index is 11.8. The molecule has 0 aliphatic carbocycles. The average molecular weight is 244 g/mol. The van der Waals surface area contributed by atoms with E-state index in [9.17, 15) is 4.79 Å². The van der Waals surface area contributed by atoms with Gasteiger partial charge in [0, 0.05) is 25.7 Å². The lowest BCUT2D eigenvalue weighted by atomic mass is 9.99. The molecule has 0 aromatic carbocycles. The fraction of sp³-hybridized carbons (Fsp3) is 0.917. The van der Waals surface area contributed by atoms with E-state index in [1.165, 1.54) is 0 Å². The smallest absolute Gasteiger partial charge is 0.410 e. The number of aliphatic hydroxyl groups excluding tert-OH is 1. The molecule has 0 radical (unpaired) electrons. The number of rotatable bonds is 3. The van der Waals surface area contributed by atoms with Gasteiger partial charge in [-0.1, -0.05) is 0 Å². The summed E-state index contributed by atoms with van der Waals surface area (Å²) in [5, 5.41) is 8.79. The third-order valence-corrected chi connectivity index (χ3v) is 2.88. The van der Waals surface area contributed by atoms with Crippen LogP contribution in [0.2, 0.25) is 0 Å². The number of ether oxygens (including phenoxy) is 1. The summed E-state index contributed by atoms with van der Waals surface area (Å²) in [6.07, 6.45) is 1.30. The molecule has 1 aliphatic heterocycles. The first kappa shape index (κ1) is 14.3. The van der Waals surface area contributed by atoms with Gasteiger partial charge in [-0.3, -0.25) is 0 Å². The number of nitrogens with two attached hydrogens (primary N) is 1. The summed E-state index contributed by atoms with van der Waals surface area (Å²) in [4.78, 5) is 13.5. The molecule has 2 atom stereocenters. The number of amides is 1. The van der Waals surface area contributed by atoms with Gasteiger partial charge in [-0.2, -0.15) is 0 Å². The Morgan fingerprint density at radius 1 is 1.47 bits per heavy atom. The van der Waals surface area contributed by atoms with Crippen molar-refractivity contribution >= 4 is 6.09 Å². The van der Waals surface area contributed by atoms with Crippen LogP contribution in [0.3, 0.4) is 0 Å². The molecule has 17 heavy (non-hydrogen) atoms. The predicted octanol–water partition coefficient (Wildman–Crippen LogP) is 0.953. The Bertz CT molecular complexity index is 263. The molecule has 0 saturated carbocycles. The molecular formula is C12H24N2O3. The third kappa shape index (κ3) is 4.52. The Labute approximate surface area is 103 Å². The lowest BCUT2D eigenvalue weighted by Gasteiger charge is -2.24. The van der Waals surface area contributed by atoms with Gasteiger partial charge in [0.05, 0.1) is 0 Å². The van der Waals surface area contributed by atoms with E-state index in [1.807, 2.05) is 20.8 Å². The van der Waals surface area contributed by atoms with E-state index < -0.39 is 5.60 Å². The van der Waals surface area contributed by atoms with Gasteiger partial charge in [0.15, 0.2) is 0 Å². The maximum Gasteiger partial charge on any atom is 0.410 e. The highest BCUT2D eigenvalue weighted by molar-refractivity contribution is 5.68. The average Bonchev–Trinajstić information content (AvgIpc) is 2.54. The number of hydrogen-bond acceptors (Lipinski definition) is 4. The van der Waals surface area contributed by atoms with Gasteiger partial charge in [-0.15, -0.1) is 0 Å². The highest BCUT2D eigenvalue weighted by atomic mass is 16.6. The predicted molar refractivity (Wildman–Crippen MR) is 65.6 cm³/mol. The first-order chi connectivity index (χ1) is 7.83. The largest absolute Gasteiger partial charge is 0.444 e. The van der Waals surface area contributed by atoms with Crippen molar-refractivity contribution < 1.29 is 14.6 Å². The van der Waals surface area contributed by atoms with Crippen LogP contribution >= 0.6 is 0 Å². The number of nitrogens with zero attached hydrogens (tertiary/aromatic N) is 1. The van der Waals surface area contributed by atoms with Crippen LogP contribution < -0.4 is 5.73 Å². The molecule has 5 heteroatoms. The van der Waals surface area contributed by atoms with Crippen LogP contribution in [0.4, 0.5) is 4.79 Å².